The van der Waals surface area contributed by atoms with Gasteiger partial charge in [0.1, 0.15) is 5.69 Å². The molecule has 2 N–H and O–H groups in total. The molecule has 28 heavy (non-hydrogen) atoms. The van der Waals surface area contributed by atoms with Crippen LogP contribution in [0, 0.1) is 17.8 Å². The second kappa shape index (κ2) is 6.78. The van der Waals surface area contributed by atoms with Gasteiger partial charge in [-0.25, -0.2) is 4.79 Å². The van der Waals surface area contributed by atoms with Gasteiger partial charge in [0.15, 0.2) is 0 Å². The lowest BCUT2D eigenvalue weighted by molar-refractivity contribution is -0.0127. The Bertz CT molecular complexity index is 744. The van der Waals surface area contributed by atoms with Gasteiger partial charge in [-0.05, 0) is 75.5 Å². The highest BCUT2D eigenvalue weighted by atomic mass is 16.2. The van der Waals surface area contributed by atoms with Crippen LogP contribution in [-0.2, 0) is 7.05 Å². The number of urea groups is 1. The van der Waals surface area contributed by atoms with Crippen LogP contribution in [0.2, 0.25) is 0 Å². The van der Waals surface area contributed by atoms with Crippen molar-refractivity contribution in [2.75, 3.05) is 18.4 Å². The first kappa shape index (κ1) is 18.0. The zero-order chi connectivity index (χ0) is 19.3. The molecule has 4 bridgehead atoms. The highest BCUT2D eigenvalue weighted by Crippen LogP contribution is 2.55. The maximum Gasteiger partial charge on any atom is 0.319 e. The average molecular weight is 386 g/mol. The SMILES string of the molecule is Cn1ncc(NC(=O)NC23CC4CC(CC(C4)C2)C3)c1C(=O)N1CCCCC1. The number of carbonyl (C=O) groups is 2. The fourth-order valence-corrected chi connectivity index (χ4v) is 6.69. The summed E-state index contributed by atoms with van der Waals surface area (Å²) in [6.07, 6.45) is 12.2. The van der Waals surface area contributed by atoms with Crippen LogP contribution in [0.3, 0.4) is 0 Å². The number of carbonyl (C=O) groups excluding carboxylic acids is 2. The van der Waals surface area contributed by atoms with Crippen LogP contribution in [0.1, 0.15) is 68.3 Å². The molecule has 4 aliphatic carbocycles. The van der Waals surface area contributed by atoms with Crippen LogP contribution in [0.5, 0.6) is 0 Å². The van der Waals surface area contributed by atoms with Crippen molar-refractivity contribution < 1.29 is 9.59 Å². The van der Waals surface area contributed by atoms with E-state index >= 15 is 0 Å². The zero-order valence-electron chi connectivity index (χ0n) is 16.7. The third-order valence-corrected chi connectivity index (χ3v) is 7.45. The Morgan fingerprint density at radius 1 is 1.04 bits per heavy atom. The highest BCUT2D eigenvalue weighted by molar-refractivity contribution is 6.02. The van der Waals surface area contributed by atoms with Gasteiger partial charge in [-0.1, -0.05) is 0 Å². The number of hydrogen-bond donors (Lipinski definition) is 2. The summed E-state index contributed by atoms with van der Waals surface area (Å²) in [6.45, 7) is 1.56. The second-order valence-corrected chi connectivity index (χ2v) is 9.66. The van der Waals surface area contributed by atoms with Gasteiger partial charge in [0, 0.05) is 25.7 Å². The maximum atomic E-state index is 13.0. The zero-order valence-corrected chi connectivity index (χ0v) is 16.7. The van der Waals surface area contributed by atoms with E-state index in [4.69, 9.17) is 0 Å². The van der Waals surface area contributed by atoms with Gasteiger partial charge in [-0.2, -0.15) is 5.10 Å². The molecule has 3 amide bonds. The van der Waals surface area contributed by atoms with Crippen molar-refractivity contribution >= 4 is 17.6 Å². The van der Waals surface area contributed by atoms with E-state index in [1.807, 2.05) is 4.90 Å². The lowest BCUT2D eigenvalue weighted by Crippen LogP contribution is -2.60. The number of nitrogens with zero attached hydrogens (tertiary/aromatic N) is 3. The Kier molecular flexibility index (Phi) is 4.36. The fourth-order valence-electron chi connectivity index (χ4n) is 6.69. The largest absolute Gasteiger partial charge is 0.337 e. The molecule has 7 nitrogen and oxygen atoms in total. The first-order chi connectivity index (χ1) is 13.5. The van der Waals surface area contributed by atoms with Crippen molar-refractivity contribution in [1.82, 2.24) is 20.0 Å². The Morgan fingerprint density at radius 2 is 1.64 bits per heavy atom. The standard InChI is InChI=1S/C21H31N5O2/c1-25-18(19(27)26-5-3-2-4-6-26)17(13-22-25)23-20(28)24-21-10-14-7-15(11-21)9-16(8-14)12-21/h13-16H,2-12H2,1H3,(H2,23,24,28). The van der Waals surface area contributed by atoms with Crippen molar-refractivity contribution in [3.05, 3.63) is 11.9 Å². The molecule has 1 aromatic rings. The summed E-state index contributed by atoms with van der Waals surface area (Å²) in [5, 5.41) is 10.5. The number of piperidine rings is 1. The number of hydrogen-bond acceptors (Lipinski definition) is 3. The quantitative estimate of drug-likeness (QED) is 0.839. The third-order valence-electron chi connectivity index (χ3n) is 7.45. The van der Waals surface area contributed by atoms with Crippen molar-refractivity contribution in [3.63, 3.8) is 0 Å². The Labute approximate surface area is 166 Å². The summed E-state index contributed by atoms with van der Waals surface area (Å²) in [5.74, 6) is 2.30. The minimum atomic E-state index is -0.192. The summed E-state index contributed by atoms with van der Waals surface area (Å²) >= 11 is 0. The van der Waals surface area contributed by atoms with E-state index in [0.29, 0.717) is 11.4 Å². The first-order valence-electron chi connectivity index (χ1n) is 10.9. The molecule has 2 heterocycles. The molecule has 0 radical (unpaired) electrons. The molecule has 0 unspecified atom stereocenters. The van der Waals surface area contributed by atoms with Crippen molar-refractivity contribution in [3.8, 4) is 0 Å². The minimum absolute atomic E-state index is 0.0372. The summed E-state index contributed by atoms with van der Waals surface area (Å²) < 4.78 is 1.58. The molecule has 0 aromatic carbocycles. The van der Waals surface area contributed by atoms with Crippen LogP contribution in [0.15, 0.2) is 6.20 Å². The molecule has 1 aromatic heterocycles. The number of aryl methyl sites for hydroxylation is 1. The molecule has 7 heteroatoms. The van der Waals surface area contributed by atoms with Crippen molar-refractivity contribution in [2.24, 2.45) is 24.8 Å². The number of likely N-dealkylation sites (tertiary alicyclic amines) is 1. The summed E-state index contributed by atoms with van der Waals surface area (Å²) in [5.41, 5.74) is 0.945. The van der Waals surface area contributed by atoms with Crippen LogP contribution in [0.4, 0.5) is 10.5 Å². The van der Waals surface area contributed by atoms with Gasteiger partial charge in [0.2, 0.25) is 0 Å². The van der Waals surface area contributed by atoms with Crippen molar-refractivity contribution in [2.45, 2.75) is 63.3 Å². The lowest BCUT2D eigenvalue weighted by Gasteiger charge is -2.56. The van der Waals surface area contributed by atoms with E-state index in [9.17, 15) is 9.59 Å². The molecule has 152 valence electrons. The Morgan fingerprint density at radius 3 is 2.25 bits per heavy atom. The normalized spacial score (nSPS) is 33.8. The van der Waals surface area contributed by atoms with E-state index in [2.05, 4.69) is 15.7 Å². The molecule has 6 rings (SSSR count). The topological polar surface area (TPSA) is 79.3 Å². The molecule has 0 atom stereocenters. The molecule has 1 aliphatic heterocycles. The number of nitrogens with one attached hydrogen (secondary N) is 2. The lowest BCUT2D eigenvalue weighted by atomic mass is 9.53. The second-order valence-electron chi connectivity index (χ2n) is 9.66. The van der Waals surface area contributed by atoms with E-state index < -0.39 is 0 Å². The summed E-state index contributed by atoms with van der Waals surface area (Å²) in [4.78, 5) is 27.7. The maximum absolute atomic E-state index is 13.0. The van der Waals surface area contributed by atoms with Gasteiger partial charge in [-0.15, -0.1) is 0 Å². The predicted molar refractivity (Wildman–Crippen MR) is 106 cm³/mol. The van der Waals surface area contributed by atoms with Gasteiger partial charge in [0.05, 0.1) is 11.9 Å². The molecule has 5 aliphatic rings. The summed E-state index contributed by atoms with van der Waals surface area (Å²) in [7, 11) is 1.76. The fraction of sp³-hybridized carbons (Fsp3) is 0.762. The average Bonchev–Trinajstić information content (AvgIpc) is 3.00. The van der Waals surface area contributed by atoms with E-state index in [0.717, 1.165) is 62.9 Å². The molecule has 0 spiro atoms. The molecule has 5 fully saturated rings. The van der Waals surface area contributed by atoms with Crippen LogP contribution >= 0.6 is 0 Å². The summed E-state index contributed by atoms with van der Waals surface area (Å²) in [6, 6.07) is -0.192. The highest BCUT2D eigenvalue weighted by Gasteiger charge is 2.51. The Hall–Kier alpha value is -2.05. The van der Waals surface area contributed by atoms with Crippen LogP contribution in [0.25, 0.3) is 0 Å². The number of amides is 3. The minimum Gasteiger partial charge on any atom is -0.337 e. The van der Waals surface area contributed by atoms with E-state index in [1.165, 1.54) is 25.7 Å². The predicted octanol–water partition coefficient (Wildman–Crippen LogP) is 3.14. The number of aromatic nitrogens is 2. The van der Waals surface area contributed by atoms with E-state index in [1.54, 1.807) is 17.9 Å². The smallest absolute Gasteiger partial charge is 0.319 e. The molecular weight excluding hydrogens is 354 g/mol. The third kappa shape index (κ3) is 3.18. The molecule has 1 saturated heterocycles. The van der Waals surface area contributed by atoms with Gasteiger partial charge in [-0.3, -0.25) is 9.48 Å². The number of rotatable bonds is 3. The van der Waals surface area contributed by atoms with Gasteiger partial charge in [0.25, 0.3) is 5.91 Å². The van der Waals surface area contributed by atoms with Crippen LogP contribution in [-0.4, -0.2) is 45.2 Å². The molecule has 4 saturated carbocycles. The van der Waals surface area contributed by atoms with E-state index in [-0.39, 0.29) is 17.5 Å². The Balaban J connectivity index is 1.29. The number of anilines is 1. The monoisotopic (exact) mass is 385 g/mol. The first-order valence-corrected chi connectivity index (χ1v) is 10.9. The van der Waals surface area contributed by atoms with Gasteiger partial charge < -0.3 is 15.5 Å². The van der Waals surface area contributed by atoms with Crippen LogP contribution < -0.4 is 10.6 Å². The van der Waals surface area contributed by atoms with Gasteiger partial charge >= 0.3 is 6.03 Å². The molecular formula is C21H31N5O2. The van der Waals surface area contributed by atoms with Crippen molar-refractivity contribution in [1.29, 1.82) is 0 Å².